The first kappa shape index (κ1) is 20.8. The maximum absolute atomic E-state index is 12.2. The Morgan fingerprint density at radius 3 is 2.31 bits per heavy atom. The summed E-state index contributed by atoms with van der Waals surface area (Å²) in [5, 5.41) is 0.663. The Bertz CT molecular complexity index is 1120. The van der Waals surface area contributed by atoms with E-state index in [0.29, 0.717) is 17.1 Å². The highest BCUT2D eigenvalue weighted by molar-refractivity contribution is 7.86. The Balaban J connectivity index is 1.72. The van der Waals surface area contributed by atoms with Gasteiger partial charge in [0, 0.05) is 10.8 Å². The van der Waals surface area contributed by atoms with Gasteiger partial charge in [-0.3, -0.25) is 4.55 Å². The summed E-state index contributed by atoms with van der Waals surface area (Å²) in [6.07, 6.45) is 1.04. The Morgan fingerprint density at radius 2 is 1.66 bits per heavy atom. The van der Waals surface area contributed by atoms with Gasteiger partial charge in [0.25, 0.3) is 10.1 Å². The topological polar surface area (TPSA) is 89.9 Å². The number of carbonyl (C=O) groups excluding carboxylic acids is 1. The Kier molecular flexibility index (Phi) is 6.20. The average Bonchev–Trinajstić information content (AvgIpc) is 2.71. The van der Waals surface area contributed by atoms with E-state index in [-0.39, 0.29) is 22.6 Å². The van der Waals surface area contributed by atoms with Crippen molar-refractivity contribution in [2.45, 2.75) is 31.1 Å². The molecule has 152 valence electrons. The van der Waals surface area contributed by atoms with Gasteiger partial charge in [-0.2, -0.15) is 8.42 Å². The molecule has 6 nitrogen and oxygen atoms in total. The largest absolute Gasteiger partial charge is 0.482 e. The molecule has 29 heavy (non-hydrogen) atoms. The third kappa shape index (κ3) is 4.93. The molecule has 0 aromatic heterocycles. The summed E-state index contributed by atoms with van der Waals surface area (Å²) >= 11 is 0. The minimum atomic E-state index is -4.40. The predicted molar refractivity (Wildman–Crippen MR) is 110 cm³/mol. The molecule has 1 atom stereocenters. The molecule has 0 amide bonds. The summed E-state index contributed by atoms with van der Waals surface area (Å²) in [4.78, 5) is 12.0. The molecule has 0 heterocycles. The van der Waals surface area contributed by atoms with Crippen molar-refractivity contribution in [3.8, 4) is 11.5 Å². The lowest BCUT2D eigenvalue weighted by Gasteiger charge is -2.12. The molecule has 3 aromatic rings. The van der Waals surface area contributed by atoms with E-state index in [1.807, 2.05) is 24.3 Å². The van der Waals surface area contributed by atoms with Gasteiger partial charge in [-0.1, -0.05) is 50.2 Å². The van der Waals surface area contributed by atoms with Gasteiger partial charge in [0.2, 0.25) is 0 Å². The number of hydrogen-bond donors (Lipinski definition) is 1. The zero-order chi connectivity index (χ0) is 21.0. The van der Waals surface area contributed by atoms with Gasteiger partial charge in [0.15, 0.2) is 6.61 Å². The van der Waals surface area contributed by atoms with Crippen molar-refractivity contribution in [1.82, 2.24) is 0 Å². The maximum Gasteiger partial charge on any atom is 0.349 e. The van der Waals surface area contributed by atoms with Gasteiger partial charge in [-0.25, -0.2) is 4.79 Å². The van der Waals surface area contributed by atoms with Crippen LogP contribution in [0.5, 0.6) is 11.5 Å². The molecule has 1 N–H and O–H groups in total. The molecule has 3 rings (SSSR count). The SMILES string of the molecule is CCC(C)c1ccc(OCC(=O)Oc2cccc3c(S(=O)(=O)O)cccc23)cc1. The van der Waals surface area contributed by atoms with Crippen LogP contribution in [-0.4, -0.2) is 25.5 Å². The number of ether oxygens (including phenoxy) is 2. The molecule has 3 aromatic carbocycles. The fourth-order valence-electron chi connectivity index (χ4n) is 2.99. The minimum absolute atomic E-state index is 0.189. The molecule has 0 bridgehead atoms. The summed E-state index contributed by atoms with van der Waals surface area (Å²) < 4.78 is 43.3. The molecule has 0 aliphatic rings. The third-order valence-corrected chi connectivity index (χ3v) is 5.67. The number of hydrogen-bond acceptors (Lipinski definition) is 5. The molecule has 0 radical (unpaired) electrons. The smallest absolute Gasteiger partial charge is 0.349 e. The average molecular weight is 414 g/mol. The molecule has 0 aliphatic heterocycles. The first-order valence-electron chi connectivity index (χ1n) is 9.22. The van der Waals surface area contributed by atoms with Crippen molar-refractivity contribution in [2.75, 3.05) is 6.61 Å². The second-order valence-corrected chi connectivity index (χ2v) is 8.11. The lowest BCUT2D eigenvalue weighted by molar-refractivity contribution is -0.136. The van der Waals surface area contributed by atoms with Crippen molar-refractivity contribution in [3.05, 3.63) is 66.2 Å². The van der Waals surface area contributed by atoms with E-state index in [2.05, 4.69) is 13.8 Å². The van der Waals surface area contributed by atoms with Gasteiger partial charge in [0.1, 0.15) is 16.4 Å². The molecule has 0 spiro atoms. The lowest BCUT2D eigenvalue weighted by Crippen LogP contribution is -2.17. The molecule has 7 heteroatoms. The van der Waals surface area contributed by atoms with Crippen LogP contribution >= 0.6 is 0 Å². The van der Waals surface area contributed by atoms with E-state index in [1.165, 1.54) is 23.8 Å². The zero-order valence-corrected chi connectivity index (χ0v) is 17.0. The number of esters is 1. The van der Waals surface area contributed by atoms with E-state index in [0.717, 1.165) is 6.42 Å². The molecular formula is C22H22O6S. The van der Waals surface area contributed by atoms with Crippen molar-refractivity contribution in [1.29, 1.82) is 0 Å². The van der Waals surface area contributed by atoms with Crippen LogP contribution in [0.1, 0.15) is 31.7 Å². The van der Waals surface area contributed by atoms with E-state index >= 15 is 0 Å². The fourth-order valence-corrected chi connectivity index (χ4v) is 3.70. The molecule has 1 unspecified atom stereocenters. The number of carbonyl (C=O) groups is 1. The molecular weight excluding hydrogens is 392 g/mol. The van der Waals surface area contributed by atoms with Crippen LogP contribution in [0.15, 0.2) is 65.6 Å². The highest BCUT2D eigenvalue weighted by atomic mass is 32.2. The van der Waals surface area contributed by atoms with Crippen molar-refractivity contribution >= 4 is 26.9 Å². The van der Waals surface area contributed by atoms with Crippen molar-refractivity contribution in [2.24, 2.45) is 0 Å². The Labute approximate surface area is 169 Å². The van der Waals surface area contributed by atoms with Crippen LogP contribution < -0.4 is 9.47 Å². The van der Waals surface area contributed by atoms with Gasteiger partial charge < -0.3 is 9.47 Å². The van der Waals surface area contributed by atoms with Crippen molar-refractivity contribution < 1.29 is 27.2 Å². The number of rotatable bonds is 7. The van der Waals surface area contributed by atoms with Crippen molar-refractivity contribution in [3.63, 3.8) is 0 Å². The Morgan fingerprint density at radius 1 is 1.00 bits per heavy atom. The van der Waals surface area contributed by atoms with Crippen LogP contribution in [0, 0.1) is 0 Å². The second kappa shape index (κ2) is 8.63. The Hall–Kier alpha value is -2.90. The van der Waals surface area contributed by atoms with Crippen LogP contribution in [-0.2, 0) is 14.9 Å². The summed E-state index contributed by atoms with van der Waals surface area (Å²) in [6.45, 7) is 3.97. The summed E-state index contributed by atoms with van der Waals surface area (Å²) in [7, 11) is -4.40. The van der Waals surface area contributed by atoms with Crippen LogP contribution in [0.25, 0.3) is 10.8 Å². The summed E-state index contributed by atoms with van der Waals surface area (Å²) in [5.74, 6) is 0.572. The number of fused-ring (bicyclic) bond motifs is 1. The van der Waals surface area contributed by atoms with E-state index in [4.69, 9.17) is 9.47 Å². The lowest BCUT2D eigenvalue weighted by atomic mass is 9.99. The first-order chi connectivity index (χ1) is 13.8. The molecule has 0 saturated heterocycles. The van der Waals surface area contributed by atoms with E-state index in [1.54, 1.807) is 18.2 Å². The second-order valence-electron chi connectivity index (χ2n) is 6.72. The highest BCUT2D eigenvalue weighted by Crippen LogP contribution is 2.30. The highest BCUT2D eigenvalue weighted by Gasteiger charge is 2.16. The third-order valence-electron chi connectivity index (χ3n) is 4.76. The minimum Gasteiger partial charge on any atom is -0.482 e. The monoisotopic (exact) mass is 414 g/mol. The van der Waals surface area contributed by atoms with Crippen LogP contribution in [0.2, 0.25) is 0 Å². The number of benzene rings is 3. The summed E-state index contributed by atoms with van der Waals surface area (Å²) in [6, 6.07) is 16.6. The van der Waals surface area contributed by atoms with Gasteiger partial charge in [-0.05, 0) is 42.2 Å². The standard InChI is InChI=1S/C22H22O6S/c1-3-15(2)16-10-12-17(13-11-16)27-14-22(23)28-20-8-4-7-19-18(20)6-5-9-21(19)29(24,25)26/h4-13,15H,3,14H2,1-2H3,(H,24,25,26). The molecule has 0 fully saturated rings. The van der Waals surface area contributed by atoms with E-state index < -0.39 is 16.1 Å². The predicted octanol–water partition coefficient (Wildman–Crippen LogP) is 4.58. The summed E-state index contributed by atoms with van der Waals surface area (Å²) in [5.41, 5.74) is 1.20. The molecule has 0 saturated carbocycles. The molecule has 0 aliphatic carbocycles. The normalized spacial score (nSPS) is 12.5. The van der Waals surface area contributed by atoms with Crippen LogP contribution in [0.4, 0.5) is 0 Å². The van der Waals surface area contributed by atoms with E-state index in [9.17, 15) is 17.8 Å². The quantitative estimate of drug-likeness (QED) is 0.346. The first-order valence-corrected chi connectivity index (χ1v) is 10.7. The van der Waals surface area contributed by atoms with Crippen LogP contribution in [0.3, 0.4) is 0 Å². The zero-order valence-electron chi connectivity index (χ0n) is 16.2. The van der Waals surface area contributed by atoms with Gasteiger partial charge in [0.05, 0.1) is 0 Å². The fraction of sp³-hybridized carbons (Fsp3) is 0.227. The van der Waals surface area contributed by atoms with Gasteiger partial charge >= 0.3 is 5.97 Å². The van der Waals surface area contributed by atoms with Gasteiger partial charge in [-0.15, -0.1) is 0 Å². The maximum atomic E-state index is 12.2.